The molecule has 80 valence electrons. The van der Waals surface area contributed by atoms with Gasteiger partial charge in [-0.1, -0.05) is 6.92 Å². The maximum Gasteiger partial charge on any atom is 0.330 e. The van der Waals surface area contributed by atoms with Crippen LogP contribution in [-0.2, 0) is 9.63 Å². The minimum Gasteiger partial charge on any atom is -0.373 e. The van der Waals surface area contributed by atoms with E-state index >= 15 is 0 Å². The van der Waals surface area contributed by atoms with Crippen LogP contribution in [0.3, 0.4) is 0 Å². The van der Waals surface area contributed by atoms with E-state index in [-0.39, 0.29) is 11.4 Å². The largest absolute Gasteiger partial charge is 0.373 e. The third-order valence-corrected chi connectivity index (χ3v) is 4.46. The van der Waals surface area contributed by atoms with E-state index in [4.69, 9.17) is 5.90 Å². The summed E-state index contributed by atoms with van der Waals surface area (Å²) in [5, 5.41) is 0. The molecule has 1 atom stereocenters. The van der Waals surface area contributed by atoms with Crippen molar-refractivity contribution in [1.82, 2.24) is 0 Å². The van der Waals surface area contributed by atoms with Crippen LogP contribution >= 0.6 is 0 Å². The van der Waals surface area contributed by atoms with Crippen LogP contribution in [0, 0.1) is 16.7 Å². The van der Waals surface area contributed by atoms with Crippen LogP contribution in [0.15, 0.2) is 0 Å². The summed E-state index contributed by atoms with van der Waals surface area (Å²) >= 11 is 0. The van der Waals surface area contributed by atoms with Crippen molar-refractivity contribution in [2.75, 3.05) is 0 Å². The minimum absolute atomic E-state index is 0.215. The molecule has 0 amide bonds. The summed E-state index contributed by atoms with van der Waals surface area (Å²) in [6.07, 6.45) is 5.76. The van der Waals surface area contributed by atoms with Gasteiger partial charge in [0.2, 0.25) is 0 Å². The molecule has 0 aliphatic heterocycles. The monoisotopic (exact) mass is 197 g/mol. The molecule has 3 aliphatic rings. The Hall–Kier alpha value is -0.570. The summed E-state index contributed by atoms with van der Waals surface area (Å²) in [6, 6.07) is 0. The van der Waals surface area contributed by atoms with E-state index in [1.54, 1.807) is 0 Å². The van der Waals surface area contributed by atoms with E-state index in [9.17, 15) is 4.79 Å². The first-order chi connectivity index (χ1) is 6.50. The van der Waals surface area contributed by atoms with Gasteiger partial charge >= 0.3 is 5.97 Å². The van der Waals surface area contributed by atoms with Crippen LogP contribution in [0.2, 0.25) is 0 Å². The van der Waals surface area contributed by atoms with Gasteiger partial charge in [0.05, 0.1) is 5.41 Å². The standard InChI is InChI=1S/C11H19NO2/c1-10-5-3-8(4-6-10)11(2,7-10)9(13)14-12/h8H,3-7,12H2,1-2H3. The van der Waals surface area contributed by atoms with Crippen LogP contribution in [0.1, 0.15) is 46.0 Å². The van der Waals surface area contributed by atoms with Gasteiger partial charge in [-0.3, -0.25) is 0 Å². The molecular formula is C11H19NO2. The van der Waals surface area contributed by atoms with Crippen molar-refractivity contribution in [1.29, 1.82) is 0 Å². The SMILES string of the molecule is CC12CCC(CC1)C(C)(C(=O)ON)C2. The van der Waals surface area contributed by atoms with Crippen LogP contribution in [-0.4, -0.2) is 5.97 Å². The molecular weight excluding hydrogens is 178 g/mol. The van der Waals surface area contributed by atoms with Crippen molar-refractivity contribution in [3.63, 3.8) is 0 Å². The number of hydrogen-bond acceptors (Lipinski definition) is 3. The smallest absolute Gasteiger partial charge is 0.330 e. The molecule has 3 rings (SSSR count). The maximum atomic E-state index is 11.7. The molecule has 2 bridgehead atoms. The number of carbonyl (C=O) groups excluding carboxylic acids is 1. The minimum atomic E-state index is -0.319. The molecule has 2 N–H and O–H groups in total. The molecule has 0 aromatic carbocycles. The highest BCUT2D eigenvalue weighted by Gasteiger charge is 2.54. The lowest BCUT2D eigenvalue weighted by Crippen LogP contribution is -2.50. The Kier molecular flexibility index (Phi) is 2.11. The van der Waals surface area contributed by atoms with Crippen molar-refractivity contribution in [2.45, 2.75) is 46.0 Å². The fourth-order valence-electron chi connectivity index (χ4n) is 3.53. The third kappa shape index (κ3) is 1.26. The van der Waals surface area contributed by atoms with Gasteiger partial charge in [0.25, 0.3) is 0 Å². The zero-order valence-corrected chi connectivity index (χ0v) is 9.01. The van der Waals surface area contributed by atoms with Gasteiger partial charge in [0.1, 0.15) is 0 Å². The van der Waals surface area contributed by atoms with E-state index in [0.717, 1.165) is 19.3 Å². The predicted molar refractivity (Wildman–Crippen MR) is 53.1 cm³/mol. The summed E-state index contributed by atoms with van der Waals surface area (Å²) in [5.41, 5.74) is 0.0255. The molecule has 14 heavy (non-hydrogen) atoms. The number of carbonyl (C=O) groups is 1. The van der Waals surface area contributed by atoms with Crippen molar-refractivity contribution >= 4 is 5.97 Å². The van der Waals surface area contributed by atoms with Crippen LogP contribution < -0.4 is 5.90 Å². The summed E-state index contributed by atoms with van der Waals surface area (Å²) < 4.78 is 0. The molecule has 0 aromatic rings. The molecule has 3 heteroatoms. The highest BCUT2D eigenvalue weighted by atomic mass is 16.7. The van der Waals surface area contributed by atoms with Crippen LogP contribution in [0.4, 0.5) is 0 Å². The van der Waals surface area contributed by atoms with E-state index in [1.807, 2.05) is 6.92 Å². The molecule has 3 aliphatic carbocycles. The molecule has 0 spiro atoms. The molecule has 3 fully saturated rings. The molecule has 1 unspecified atom stereocenters. The first-order valence-corrected chi connectivity index (χ1v) is 5.41. The van der Waals surface area contributed by atoms with Crippen molar-refractivity contribution in [3.8, 4) is 0 Å². The van der Waals surface area contributed by atoms with Gasteiger partial charge in [-0.25, -0.2) is 4.79 Å². The summed E-state index contributed by atoms with van der Waals surface area (Å²) in [4.78, 5) is 16.1. The van der Waals surface area contributed by atoms with Crippen LogP contribution in [0.25, 0.3) is 0 Å². The third-order valence-electron chi connectivity index (χ3n) is 4.46. The summed E-state index contributed by atoms with van der Waals surface area (Å²) in [5.74, 6) is 5.29. The first-order valence-electron chi connectivity index (χ1n) is 5.41. The van der Waals surface area contributed by atoms with Crippen molar-refractivity contribution in [3.05, 3.63) is 0 Å². The lowest BCUT2D eigenvalue weighted by Gasteiger charge is -2.53. The topological polar surface area (TPSA) is 52.3 Å². The zero-order chi connectivity index (χ0) is 10.4. The van der Waals surface area contributed by atoms with Gasteiger partial charge in [0, 0.05) is 0 Å². The molecule has 0 heterocycles. The van der Waals surface area contributed by atoms with Crippen molar-refractivity contribution < 1.29 is 9.63 Å². The Morgan fingerprint density at radius 1 is 1.36 bits per heavy atom. The van der Waals surface area contributed by atoms with Gasteiger partial charge in [-0.15, -0.1) is 0 Å². The number of hydrogen-bond donors (Lipinski definition) is 1. The molecule has 0 saturated heterocycles. The van der Waals surface area contributed by atoms with E-state index in [1.165, 1.54) is 12.8 Å². The number of rotatable bonds is 1. The highest BCUT2D eigenvalue weighted by molar-refractivity contribution is 5.77. The Morgan fingerprint density at radius 2 is 1.93 bits per heavy atom. The molecule has 0 radical (unpaired) electrons. The molecule has 3 nitrogen and oxygen atoms in total. The zero-order valence-electron chi connectivity index (χ0n) is 9.01. The average Bonchev–Trinajstić information content (AvgIpc) is 2.16. The van der Waals surface area contributed by atoms with Crippen LogP contribution in [0.5, 0.6) is 0 Å². The van der Waals surface area contributed by atoms with Gasteiger partial charge < -0.3 is 4.84 Å². The van der Waals surface area contributed by atoms with Gasteiger partial charge in [0.15, 0.2) is 0 Å². The van der Waals surface area contributed by atoms with E-state index in [0.29, 0.717) is 11.3 Å². The average molecular weight is 197 g/mol. The second kappa shape index (κ2) is 2.96. The second-order valence-corrected chi connectivity index (χ2v) is 5.58. The van der Waals surface area contributed by atoms with Crippen molar-refractivity contribution in [2.24, 2.45) is 22.6 Å². The van der Waals surface area contributed by atoms with Gasteiger partial charge in [-0.05, 0) is 50.4 Å². The fourth-order valence-corrected chi connectivity index (χ4v) is 3.53. The Labute approximate surface area is 84.9 Å². The Morgan fingerprint density at radius 3 is 2.36 bits per heavy atom. The number of nitrogens with two attached hydrogens (primary N) is 1. The summed E-state index contributed by atoms with van der Waals surface area (Å²) in [7, 11) is 0. The molecule has 0 aromatic heterocycles. The lowest BCUT2D eigenvalue weighted by molar-refractivity contribution is -0.170. The van der Waals surface area contributed by atoms with E-state index in [2.05, 4.69) is 11.8 Å². The molecule has 3 saturated carbocycles. The highest BCUT2D eigenvalue weighted by Crippen LogP contribution is 2.58. The maximum absolute atomic E-state index is 11.7. The first kappa shape index (κ1) is 9.97. The fraction of sp³-hybridized carbons (Fsp3) is 0.909. The normalized spacial score (nSPS) is 46.4. The van der Waals surface area contributed by atoms with Gasteiger partial charge in [-0.2, -0.15) is 5.90 Å². The summed E-state index contributed by atoms with van der Waals surface area (Å²) in [6.45, 7) is 4.30. The van der Waals surface area contributed by atoms with E-state index < -0.39 is 0 Å². The number of fused-ring (bicyclic) bond motifs is 3. The lowest BCUT2D eigenvalue weighted by atomic mass is 9.51. The second-order valence-electron chi connectivity index (χ2n) is 5.58. The Bertz CT molecular complexity index is 256. The Balaban J connectivity index is 2.25. The quantitative estimate of drug-likeness (QED) is 0.654. The predicted octanol–water partition coefficient (Wildman–Crippen LogP) is 2.01.